The van der Waals surface area contributed by atoms with E-state index in [4.69, 9.17) is 21.6 Å². The number of nitrogens with zero attached hydrogens (tertiary/aromatic N) is 5. The molecule has 2 amide bonds. The van der Waals surface area contributed by atoms with E-state index in [2.05, 4.69) is 16.0 Å². The number of aromatic nitrogens is 1. The van der Waals surface area contributed by atoms with Crippen LogP contribution < -0.4 is 4.90 Å². The number of ether oxygens (including phenoxy) is 1. The number of benzene rings is 2. The van der Waals surface area contributed by atoms with E-state index in [1.807, 2.05) is 35.2 Å². The van der Waals surface area contributed by atoms with Crippen molar-refractivity contribution >= 4 is 29.4 Å². The van der Waals surface area contributed by atoms with E-state index < -0.39 is 6.09 Å². The van der Waals surface area contributed by atoms with Gasteiger partial charge in [-0.3, -0.25) is 4.79 Å². The van der Waals surface area contributed by atoms with Crippen LogP contribution >= 0.6 is 11.6 Å². The van der Waals surface area contributed by atoms with Gasteiger partial charge in [0, 0.05) is 62.7 Å². The molecule has 0 N–H and O–H groups in total. The zero-order valence-corrected chi connectivity index (χ0v) is 24.2. The van der Waals surface area contributed by atoms with Crippen LogP contribution in [0.25, 0.3) is 0 Å². The topological polar surface area (TPSA) is 89.8 Å². The minimum atomic E-state index is -0.460. The number of rotatable bonds is 7. The molecule has 2 aromatic carbocycles. The molecule has 3 heterocycles. The van der Waals surface area contributed by atoms with Crippen molar-refractivity contribution in [3.63, 3.8) is 0 Å². The molecular weight excluding hydrogens is 557 g/mol. The van der Waals surface area contributed by atoms with Crippen LogP contribution in [0.3, 0.4) is 0 Å². The summed E-state index contributed by atoms with van der Waals surface area (Å²) in [5, 5.41) is 9.65. The fourth-order valence-electron chi connectivity index (χ4n) is 5.79. The highest BCUT2D eigenvalue weighted by molar-refractivity contribution is 6.30. The van der Waals surface area contributed by atoms with Gasteiger partial charge in [0.05, 0.1) is 18.2 Å². The molecule has 8 nitrogen and oxygen atoms in total. The molecule has 0 spiro atoms. The lowest BCUT2D eigenvalue weighted by atomic mass is 9.93. The fraction of sp³-hybridized carbons (Fsp3) is 0.375. The van der Waals surface area contributed by atoms with E-state index in [-0.39, 0.29) is 36.2 Å². The smallest absolute Gasteiger partial charge is 0.409 e. The van der Waals surface area contributed by atoms with Crippen LogP contribution in [0.5, 0.6) is 0 Å². The van der Waals surface area contributed by atoms with Crippen LogP contribution in [-0.2, 0) is 16.0 Å². The first-order valence-electron chi connectivity index (χ1n) is 14.1. The number of piperidine rings is 1. The standard InChI is InChI=1S/C32H33ClFN5O3/c1-37(32(41)42-17-14-22-2-9-27(34)10-3-22)29-21-39(20-28(29)24-5-7-26(33)8-6-24)31(40)25-12-15-38(16-13-25)30-11-4-23(18-35)19-36-30/h2-11,19,25,28-29H,12-17,20-21H2,1H3/t28-,29+/m0/s1. The Morgan fingerprint density at radius 3 is 2.43 bits per heavy atom. The first kappa shape index (κ1) is 29.3. The monoisotopic (exact) mass is 589 g/mol. The van der Waals surface area contributed by atoms with E-state index in [1.165, 1.54) is 12.1 Å². The van der Waals surface area contributed by atoms with Gasteiger partial charge in [-0.2, -0.15) is 5.26 Å². The Kier molecular flexibility index (Phi) is 9.23. The minimum absolute atomic E-state index is 0.0937. The number of amides is 2. The summed E-state index contributed by atoms with van der Waals surface area (Å²) in [6.45, 7) is 2.48. The Bertz CT molecular complexity index is 1420. The van der Waals surface area contributed by atoms with Gasteiger partial charge in [-0.05, 0) is 60.4 Å². The van der Waals surface area contributed by atoms with Crippen molar-refractivity contribution < 1.29 is 18.7 Å². The Balaban J connectivity index is 1.22. The minimum Gasteiger partial charge on any atom is -0.449 e. The van der Waals surface area contributed by atoms with Crippen molar-refractivity contribution in [3.8, 4) is 6.07 Å². The summed E-state index contributed by atoms with van der Waals surface area (Å²) in [7, 11) is 1.71. The number of nitriles is 1. The summed E-state index contributed by atoms with van der Waals surface area (Å²) in [6.07, 6.45) is 2.99. The molecule has 0 radical (unpaired) electrons. The predicted molar refractivity (Wildman–Crippen MR) is 158 cm³/mol. The molecule has 2 aliphatic heterocycles. The summed E-state index contributed by atoms with van der Waals surface area (Å²) in [5.74, 6) is 0.393. The van der Waals surface area contributed by atoms with Crippen molar-refractivity contribution in [1.82, 2.24) is 14.8 Å². The fourth-order valence-corrected chi connectivity index (χ4v) is 5.92. The highest BCUT2D eigenvalue weighted by atomic mass is 35.5. The van der Waals surface area contributed by atoms with Crippen LogP contribution in [-0.4, -0.2) is 72.7 Å². The number of hydrogen-bond donors (Lipinski definition) is 0. The summed E-state index contributed by atoms with van der Waals surface area (Å²) < 4.78 is 18.8. The maximum Gasteiger partial charge on any atom is 0.409 e. The number of likely N-dealkylation sites (N-methyl/N-ethyl adjacent to an activating group) is 1. The Hall–Kier alpha value is -4.16. The van der Waals surface area contributed by atoms with Crippen LogP contribution in [0.15, 0.2) is 66.9 Å². The summed E-state index contributed by atoms with van der Waals surface area (Å²) in [4.78, 5) is 36.8. The van der Waals surface area contributed by atoms with Crippen LogP contribution in [0.2, 0.25) is 5.02 Å². The molecule has 218 valence electrons. The second-order valence-corrected chi connectivity index (χ2v) is 11.3. The van der Waals surface area contributed by atoms with Gasteiger partial charge in [0.15, 0.2) is 0 Å². The van der Waals surface area contributed by atoms with Crippen LogP contribution in [0.4, 0.5) is 15.0 Å². The maximum atomic E-state index is 13.7. The van der Waals surface area contributed by atoms with Crippen LogP contribution in [0.1, 0.15) is 35.4 Å². The molecule has 0 unspecified atom stereocenters. The third kappa shape index (κ3) is 6.82. The van der Waals surface area contributed by atoms with Crippen molar-refractivity contribution in [2.75, 3.05) is 44.7 Å². The third-order valence-corrected chi connectivity index (χ3v) is 8.51. The zero-order chi connectivity index (χ0) is 29.6. The third-order valence-electron chi connectivity index (χ3n) is 8.26. The lowest BCUT2D eigenvalue weighted by Crippen LogP contribution is -2.44. The van der Waals surface area contributed by atoms with Crippen molar-refractivity contribution in [3.05, 3.63) is 94.4 Å². The van der Waals surface area contributed by atoms with Crippen molar-refractivity contribution in [2.24, 2.45) is 5.92 Å². The van der Waals surface area contributed by atoms with Gasteiger partial charge in [-0.15, -0.1) is 0 Å². The number of carbonyl (C=O) groups is 2. The number of carbonyl (C=O) groups excluding carboxylic acids is 2. The number of pyridine rings is 1. The summed E-state index contributed by atoms with van der Waals surface area (Å²) in [6, 6.07) is 19.1. The Labute approximate surface area is 250 Å². The second-order valence-electron chi connectivity index (χ2n) is 10.8. The van der Waals surface area contributed by atoms with Gasteiger partial charge < -0.3 is 19.4 Å². The highest BCUT2D eigenvalue weighted by Crippen LogP contribution is 2.34. The predicted octanol–water partition coefficient (Wildman–Crippen LogP) is 5.27. The summed E-state index contributed by atoms with van der Waals surface area (Å²) >= 11 is 6.14. The van der Waals surface area contributed by atoms with E-state index in [1.54, 1.807) is 36.3 Å². The van der Waals surface area contributed by atoms with Gasteiger partial charge in [0.25, 0.3) is 0 Å². The molecule has 0 aliphatic carbocycles. The SMILES string of the molecule is CN(C(=O)OCCc1ccc(F)cc1)[C@@H]1CN(C(=O)C2CCN(c3ccc(C#N)cn3)CC2)C[C@H]1c1ccc(Cl)cc1. The molecule has 3 aromatic rings. The van der Waals surface area contributed by atoms with E-state index >= 15 is 0 Å². The largest absolute Gasteiger partial charge is 0.449 e. The number of anilines is 1. The van der Waals surface area contributed by atoms with E-state index in [9.17, 15) is 14.0 Å². The zero-order valence-electron chi connectivity index (χ0n) is 23.5. The number of halogens is 2. The molecule has 1 aromatic heterocycles. The average Bonchev–Trinajstić information content (AvgIpc) is 3.47. The molecule has 2 atom stereocenters. The Morgan fingerprint density at radius 2 is 1.79 bits per heavy atom. The lowest BCUT2D eigenvalue weighted by molar-refractivity contribution is -0.135. The molecule has 2 aliphatic rings. The van der Waals surface area contributed by atoms with Gasteiger partial charge >= 0.3 is 6.09 Å². The van der Waals surface area contributed by atoms with Gasteiger partial charge in [0.1, 0.15) is 17.7 Å². The van der Waals surface area contributed by atoms with E-state index in [0.29, 0.717) is 56.0 Å². The van der Waals surface area contributed by atoms with Crippen molar-refractivity contribution in [2.45, 2.75) is 31.2 Å². The van der Waals surface area contributed by atoms with E-state index in [0.717, 1.165) is 16.9 Å². The molecular formula is C32H33ClFN5O3. The first-order chi connectivity index (χ1) is 20.3. The molecule has 0 saturated carbocycles. The molecule has 2 saturated heterocycles. The lowest BCUT2D eigenvalue weighted by Gasteiger charge is -2.34. The van der Waals surface area contributed by atoms with Crippen LogP contribution in [0, 0.1) is 23.1 Å². The van der Waals surface area contributed by atoms with Gasteiger partial charge in [0.2, 0.25) is 5.91 Å². The number of hydrogen-bond acceptors (Lipinski definition) is 6. The van der Waals surface area contributed by atoms with Crippen molar-refractivity contribution in [1.29, 1.82) is 5.26 Å². The maximum absolute atomic E-state index is 13.7. The average molecular weight is 590 g/mol. The molecule has 42 heavy (non-hydrogen) atoms. The molecule has 0 bridgehead atoms. The normalized spacial score (nSPS) is 18.9. The second kappa shape index (κ2) is 13.2. The quantitative estimate of drug-likeness (QED) is 0.373. The highest BCUT2D eigenvalue weighted by Gasteiger charge is 2.42. The summed E-state index contributed by atoms with van der Waals surface area (Å²) in [5.41, 5.74) is 2.40. The Morgan fingerprint density at radius 1 is 1.07 bits per heavy atom. The molecule has 10 heteroatoms. The molecule has 2 fully saturated rings. The van der Waals surface area contributed by atoms with Gasteiger partial charge in [-0.25, -0.2) is 14.2 Å². The molecule has 5 rings (SSSR count). The first-order valence-corrected chi connectivity index (χ1v) is 14.5. The van der Waals surface area contributed by atoms with Gasteiger partial charge in [-0.1, -0.05) is 35.9 Å². The number of likely N-dealkylation sites (tertiary alicyclic amines) is 1.